The first-order chi connectivity index (χ1) is 9.40. The van der Waals surface area contributed by atoms with Gasteiger partial charge < -0.3 is 10.8 Å². The monoisotopic (exact) mass is 280 g/mol. The van der Waals surface area contributed by atoms with Crippen molar-refractivity contribution < 1.29 is 23.5 Å². The average Bonchev–Trinajstić information content (AvgIpc) is 2.39. The topological polar surface area (TPSA) is 93.3 Å². The van der Waals surface area contributed by atoms with Crippen molar-refractivity contribution in [1.29, 1.82) is 0 Å². The molecule has 5 nitrogen and oxygen atoms in total. The van der Waals surface area contributed by atoms with Crippen LogP contribution in [0.4, 0.5) is 8.78 Å². The van der Waals surface area contributed by atoms with Gasteiger partial charge in [0, 0.05) is 24.0 Å². The van der Waals surface area contributed by atoms with Gasteiger partial charge in [-0.25, -0.2) is 13.6 Å². The third-order valence-electron chi connectivity index (χ3n) is 2.07. The maximum Gasteiger partial charge on any atom is 0.335 e. The molecular formula is C13H10F2N2O3. The number of aromatic nitrogens is 1. The van der Waals surface area contributed by atoms with Gasteiger partial charge in [-0.2, -0.15) is 0 Å². The second-order valence-electron chi connectivity index (χ2n) is 3.56. The van der Waals surface area contributed by atoms with Gasteiger partial charge in [0.25, 0.3) is 0 Å². The van der Waals surface area contributed by atoms with Gasteiger partial charge in [-0.1, -0.05) is 0 Å². The van der Waals surface area contributed by atoms with Crippen molar-refractivity contribution in [2.45, 2.75) is 0 Å². The highest BCUT2D eigenvalue weighted by molar-refractivity contribution is 5.92. The third-order valence-corrected chi connectivity index (χ3v) is 2.07. The predicted molar refractivity (Wildman–Crippen MR) is 66.1 cm³/mol. The number of amides is 1. The van der Waals surface area contributed by atoms with Crippen LogP contribution in [-0.2, 0) is 0 Å². The molecule has 0 bridgehead atoms. The zero-order valence-electron chi connectivity index (χ0n) is 10.1. The molecule has 0 aliphatic rings. The number of benzene rings is 1. The summed E-state index contributed by atoms with van der Waals surface area (Å²) >= 11 is 0. The van der Waals surface area contributed by atoms with E-state index in [1.54, 1.807) is 12.1 Å². The minimum Gasteiger partial charge on any atom is -0.478 e. The summed E-state index contributed by atoms with van der Waals surface area (Å²) in [5, 5.41) is 8.30. The Kier molecular flexibility index (Phi) is 5.28. The molecule has 1 amide bonds. The Labute approximate surface area is 112 Å². The molecule has 20 heavy (non-hydrogen) atoms. The third kappa shape index (κ3) is 4.81. The maximum atomic E-state index is 12.3. The fourth-order valence-corrected chi connectivity index (χ4v) is 1.19. The number of aromatic carboxylic acids is 1. The molecule has 7 heteroatoms. The van der Waals surface area contributed by atoms with E-state index < -0.39 is 23.5 Å². The lowest BCUT2D eigenvalue weighted by Gasteiger charge is -1.93. The molecule has 2 rings (SSSR count). The van der Waals surface area contributed by atoms with Crippen LogP contribution in [0.1, 0.15) is 20.7 Å². The molecule has 1 heterocycles. The van der Waals surface area contributed by atoms with E-state index >= 15 is 0 Å². The van der Waals surface area contributed by atoms with Crippen LogP contribution < -0.4 is 5.73 Å². The minimum atomic E-state index is -1.34. The maximum absolute atomic E-state index is 12.3. The molecular weight excluding hydrogens is 270 g/mol. The number of rotatable bonds is 2. The van der Waals surface area contributed by atoms with E-state index in [2.05, 4.69) is 4.98 Å². The van der Waals surface area contributed by atoms with Crippen LogP contribution in [0, 0.1) is 11.6 Å². The van der Waals surface area contributed by atoms with Crippen LogP contribution in [0.25, 0.3) is 0 Å². The zero-order valence-corrected chi connectivity index (χ0v) is 10.1. The van der Waals surface area contributed by atoms with Crippen molar-refractivity contribution in [2.75, 3.05) is 0 Å². The standard InChI is InChI=1S/C7H4F2O2.C6H6N2O/c8-5-1-4(7(10)11)2-6(9)3-5;7-6(9)5-1-3-8-4-2-5/h1-3H,(H,10,11);1-4H,(H2,7,9). The van der Waals surface area contributed by atoms with Gasteiger partial charge in [-0.3, -0.25) is 9.78 Å². The highest BCUT2D eigenvalue weighted by Crippen LogP contribution is 2.07. The molecule has 3 N–H and O–H groups in total. The van der Waals surface area contributed by atoms with Gasteiger partial charge in [0.2, 0.25) is 5.91 Å². The highest BCUT2D eigenvalue weighted by Gasteiger charge is 2.05. The Hall–Kier alpha value is -2.83. The Morgan fingerprint density at radius 1 is 1.00 bits per heavy atom. The summed E-state index contributed by atoms with van der Waals surface area (Å²) in [7, 11) is 0. The van der Waals surface area contributed by atoms with Crippen molar-refractivity contribution in [1.82, 2.24) is 4.98 Å². The fraction of sp³-hybridized carbons (Fsp3) is 0. The summed E-state index contributed by atoms with van der Waals surface area (Å²) in [5.41, 5.74) is 5.05. The van der Waals surface area contributed by atoms with Gasteiger partial charge in [0.1, 0.15) is 11.6 Å². The quantitative estimate of drug-likeness (QED) is 0.877. The number of halogens is 2. The highest BCUT2D eigenvalue weighted by atomic mass is 19.1. The zero-order chi connectivity index (χ0) is 15.1. The number of primary amides is 1. The number of carboxylic acid groups (broad SMARTS) is 1. The second-order valence-corrected chi connectivity index (χ2v) is 3.56. The van der Waals surface area contributed by atoms with E-state index in [0.29, 0.717) is 11.6 Å². The molecule has 0 spiro atoms. The second kappa shape index (κ2) is 6.93. The number of hydrogen-bond donors (Lipinski definition) is 2. The Morgan fingerprint density at radius 2 is 1.50 bits per heavy atom. The molecule has 0 saturated carbocycles. The van der Waals surface area contributed by atoms with Crippen LogP contribution >= 0.6 is 0 Å². The minimum absolute atomic E-state index is 0.387. The normalized spacial score (nSPS) is 9.30. The predicted octanol–water partition coefficient (Wildman–Crippen LogP) is 1.84. The van der Waals surface area contributed by atoms with Crippen molar-refractivity contribution in [3.63, 3.8) is 0 Å². The molecule has 1 aromatic carbocycles. The lowest BCUT2D eigenvalue weighted by Crippen LogP contribution is -2.10. The molecule has 0 fully saturated rings. The first kappa shape index (κ1) is 15.2. The summed E-state index contributed by atoms with van der Waals surface area (Å²) in [5.74, 6) is -3.54. The van der Waals surface area contributed by atoms with E-state index in [9.17, 15) is 18.4 Å². The van der Waals surface area contributed by atoms with Crippen molar-refractivity contribution in [2.24, 2.45) is 5.73 Å². The first-order valence-corrected chi connectivity index (χ1v) is 5.29. The number of nitrogens with two attached hydrogens (primary N) is 1. The largest absolute Gasteiger partial charge is 0.478 e. The Morgan fingerprint density at radius 3 is 1.85 bits per heavy atom. The molecule has 0 aliphatic heterocycles. The SMILES string of the molecule is NC(=O)c1ccncc1.O=C(O)c1cc(F)cc(F)c1. The number of pyridine rings is 1. The van der Waals surface area contributed by atoms with Crippen LogP contribution in [0.3, 0.4) is 0 Å². The Bertz CT molecular complexity index is 598. The number of nitrogens with zero attached hydrogens (tertiary/aromatic N) is 1. The fourth-order valence-electron chi connectivity index (χ4n) is 1.19. The van der Waals surface area contributed by atoms with Crippen molar-refractivity contribution in [3.05, 3.63) is 65.5 Å². The van der Waals surface area contributed by atoms with Crippen LogP contribution in [0.15, 0.2) is 42.7 Å². The van der Waals surface area contributed by atoms with Crippen LogP contribution in [0.2, 0.25) is 0 Å². The van der Waals surface area contributed by atoms with E-state index in [-0.39, 0.29) is 5.56 Å². The smallest absolute Gasteiger partial charge is 0.335 e. The van der Waals surface area contributed by atoms with Crippen molar-refractivity contribution in [3.8, 4) is 0 Å². The molecule has 0 saturated heterocycles. The van der Waals surface area contributed by atoms with Gasteiger partial charge in [0.15, 0.2) is 0 Å². The number of hydrogen-bond acceptors (Lipinski definition) is 3. The molecule has 0 unspecified atom stereocenters. The average molecular weight is 280 g/mol. The summed E-state index contributed by atoms with van der Waals surface area (Å²) in [6.45, 7) is 0. The number of carbonyl (C=O) groups excluding carboxylic acids is 1. The lowest BCUT2D eigenvalue weighted by molar-refractivity contribution is 0.0695. The number of carbonyl (C=O) groups is 2. The molecule has 1 aromatic heterocycles. The van der Waals surface area contributed by atoms with E-state index in [4.69, 9.17) is 10.8 Å². The van der Waals surface area contributed by atoms with E-state index in [0.717, 1.165) is 12.1 Å². The molecule has 0 atom stereocenters. The molecule has 2 aromatic rings. The van der Waals surface area contributed by atoms with Crippen LogP contribution in [0.5, 0.6) is 0 Å². The van der Waals surface area contributed by atoms with E-state index in [1.165, 1.54) is 12.4 Å². The summed E-state index contributed by atoms with van der Waals surface area (Å²) in [4.78, 5) is 24.3. The van der Waals surface area contributed by atoms with Gasteiger partial charge >= 0.3 is 5.97 Å². The lowest BCUT2D eigenvalue weighted by atomic mass is 10.2. The Balaban J connectivity index is 0.000000204. The molecule has 0 aliphatic carbocycles. The number of carboxylic acids is 1. The van der Waals surface area contributed by atoms with Gasteiger partial charge in [0.05, 0.1) is 5.56 Å². The van der Waals surface area contributed by atoms with Gasteiger partial charge in [-0.05, 0) is 24.3 Å². The summed E-state index contributed by atoms with van der Waals surface area (Å²) < 4.78 is 24.6. The van der Waals surface area contributed by atoms with E-state index in [1.807, 2.05) is 0 Å². The molecule has 104 valence electrons. The van der Waals surface area contributed by atoms with Crippen LogP contribution in [-0.4, -0.2) is 22.0 Å². The van der Waals surface area contributed by atoms with Crippen molar-refractivity contribution >= 4 is 11.9 Å². The van der Waals surface area contributed by atoms with Gasteiger partial charge in [-0.15, -0.1) is 0 Å². The first-order valence-electron chi connectivity index (χ1n) is 5.29. The molecule has 0 radical (unpaired) electrons. The summed E-state index contributed by atoms with van der Waals surface area (Å²) in [6, 6.07) is 5.27. The summed E-state index contributed by atoms with van der Waals surface area (Å²) in [6.07, 6.45) is 3.06.